The van der Waals surface area contributed by atoms with Crippen molar-refractivity contribution in [2.45, 2.75) is 193 Å². The molecular formula is C44H86N2O9. The molecular weight excluding hydrogens is 700 g/mol. The minimum atomic E-state index is -0.517. The summed E-state index contributed by atoms with van der Waals surface area (Å²) < 4.78 is 22.4. The number of nitrogens with one attached hydrogen (secondary N) is 1. The highest BCUT2D eigenvalue weighted by atomic mass is 17.2. The SMILES string of the molecule is CCCCCCCCCCCCCCOCC(CNC(=O)CCN(CCC(=O)OCCOC)CCC(=O)OOC)OCCCCCCCCCCCCCC. The third-order valence-corrected chi connectivity index (χ3v) is 9.97. The molecule has 0 saturated heterocycles. The number of methoxy groups -OCH3 is 1. The summed E-state index contributed by atoms with van der Waals surface area (Å²) >= 11 is 0. The van der Waals surface area contributed by atoms with Gasteiger partial charge in [-0.2, -0.15) is 4.89 Å². The van der Waals surface area contributed by atoms with E-state index in [4.69, 9.17) is 18.9 Å². The fourth-order valence-electron chi connectivity index (χ4n) is 6.47. The van der Waals surface area contributed by atoms with E-state index in [2.05, 4.69) is 28.9 Å². The van der Waals surface area contributed by atoms with E-state index in [-0.39, 0.29) is 43.8 Å². The van der Waals surface area contributed by atoms with Crippen molar-refractivity contribution >= 4 is 17.8 Å². The molecule has 0 rings (SSSR count). The van der Waals surface area contributed by atoms with Gasteiger partial charge in [-0.1, -0.05) is 155 Å². The Morgan fingerprint density at radius 1 is 0.527 bits per heavy atom. The summed E-state index contributed by atoms with van der Waals surface area (Å²) in [4.78, 5) is 47.9. The van der Waals surface area contributed by atoms with Gasteiger partial charge >= 0.3 is 11.9 Å². The van der Waals surface area contributed by atoms with Gasteiger partial charge in [-0.15, -0.1) is 0 Å². The van der Waals surface area contributed by atoms with Gasteiger partial charge in [0.25, 0.3) is 0 Å². The number of hydrogen-bond acceptors (Lipinski definition) is 10. The molecule has 0 aliphatic carbocycles. The predicted molar refractivity (Wildman–Crippen MR) is 222 cm³/mol. The van der Waals surface area contributed by atoms with Crippen molar-refractivity contribution in [2.75, 3.05) is 73.4 Å². The van der Waals surface area contributed by atoms with Gasteiger partial charge in [-0.3, -0.25) is 14.5 Å². The van der Waals surface area contributed by atoms with Gasteiger partial charge in [0.1, 0.15) is 6.61 Å². The van der Waals surface area contributed by atoms with Crippen LogP contribution in [0, 0.1) is 0 Å². The number of ether oxygens (including phenoxy) is 4. The lowest BCUT2D eigenvalue weighted by atomic mass is 10.1. The van der Waals surface area contributed by atoms with Gasteiger partial charge in [0, 0.05) is 52.9 Å². The number of carbonyl (C=O) groups excluding carboxylic acids is 3. The van der Waals surface area contributed by atoms with E-state index in [9.17, 15) is 14.4 Å². The largest absolute Gasteiger partial charge is 0.463 e. The van der Waals surface area contributed by atoms with Gasteiger partial charge in [-0.25, -0.2) is 4.79 Å². The molecule has 11 nitrogen and oxygen atoms in total. The fourth-order valence-corrected chi connectivity index (χ4v) is 6.47. The lowest BCUT2D eigenvalue weighted by Gasteiger charge is -2.22. The van der Waals surface area contributed by atoms with Crippen LogP contribution in [-0.2, 0) is 43.1 Å². The molecule has 1 atom stereocenters. The first kappa shape index (κ1) is 53.2. The predicted octanol–water partition coefficient (Wildman–Crippen LogP) is 9.67. The zero-order valence-electron chi connectivity index (χ0n) is 36.2. The molecule has 0 radical (unpaired) electrons. The van der Waals surface area contributed by atoms with E-state index < -0.39 is 5.97 Å². The number of esters is 1. The summed E-state index contributed by atoms with van der Waals surface area (Å²) in [5, 5.41) is 3.03. The summed E-state index contributed by atoms with van der Waals surface area (Å²) in [7, 11) is 2.82. The molecule has 1 unspecified atom stereocenters. The standard InChI is InChI=1S/C44H86N2O9/c1-5-7-9-11-13-15-17-19-21-23-25-27-35-52-40-41(53-36-28-26-24-22-20-18-16-14-12-10-8-6-2)39-45-42(47)29-32-46(34-31-44(49)55-51-4)33-30-43(48)54-38-37-50-3/h41H,5-40H2,1-4H3,(H,45,47). The van der Waals surface area contributed by atoms with Crippen molar-refractivity contribution in [3.63, 3.8) is 0 Å². The summed E-state index contributed by atoms with van der Waals surface area (Å²) in [6.07, 6.45) is 31.5. The van der Waals surface area contributed by atoms with Crippen molar-refractivity contribution in [3.05, 3.63) is 0 Å². The molecule has 326 valence electrons. The van der Waals surface area contributed by atoms with Crippen LogP contribution < -0.4 is 5.32 Å². The van der Waals surface area contributed by atoms with E-state index in [0.29, 0.717) is 52.6 Å². The fraction of sp³-hybridized carbons (Fsp3) is 0.932. The number of amides is 1. The third kappa shape index (κ3) is 40.2. The second-order valence-electron chi connectivity index (χ2n) is 15.1. The Kier molecular flexibility index (Phi) is 41.9. The monoisotopic (exact) mass is 787 g/mol. The normalized spacial score (nSPS) is 11.9. The van der Waals surface area contributed by atoms with E-state index in [1.165, 1.54) is 142 Å². The number of nitrogens with zero attached hydrogens (tertiary/aromatic N) is 1. The van der Waals surface area contributed by atoms with Crippen LogP contribution in [0.5, 0.6) is 0 Å². The van der Waals surface area contributed by atoms with Crippen molar-refractivity contribution < 1.29 is 43.1 Å². The highest BCUT2D eigenvalue weighted by Gasteiger charge is 2.16. The quantitative estimate of drug-likeness (QED) is 0.0277. The molecule has 0 aromatic carbocycles. The molecule has 0 aromatic heterocycles. The van der Waals surface area contributed by atoms with Crippen LogP contribution in [0.25, 0.3) is 0 Å². The van der Waals surface area contributed by atoms with E-state index in [0.717, 1.165) is 19.3 Å². The maximum absolute atomic E-state index is 12.9. The van der Waals surface area contributed by atoms with Gasteiger partial charge in [0.15, 0.2) is 0 Å². The molecule has 0 bridgehead atoms. The second kappa shape index (κ2) is 43.3. The molecule has 0 fully saturated rings. The first-order valence-electron chi connectivity index (χ1n) is 22.5. The molecule has 0 saturated carbocycles. The molecule has 0 aliphatic heterocycles. The molecule has 11 heteroatoms. The lowest BCUT2D eigenvalue weighted by molar-refractivity contribution is -0.255. The first-order valence-corrected chi connectivity index (χ1v) is 22.5. The maximum atomic E-state index is 12.9. The van der Waals surface area contributed by atoms with E-state index in [1.807, 2.05) is 4.90 Å². The highest BCUT2D eigenvalue weighted by Crippen LogP contribution is 2.14. The molecule has 0 heterocycles. The molecule has 0 spiro atoms. The van der Waals surface area contributed by atoms with Crippen molar-refractivity contribution in [1.82, 2.24) is 10.2 Å². The average Bonchev–Trinajstić information content (AvgIpc) is 3.18. The Labute approximate surface area is 337 Å². The van der Waals surface area contributed by atoms with Crippen LogP contribution in [0.4, 0.5) is 0 Å². The minimum absolute atomic E-state index is 0.0692. The third-order valence-electron chi connectivity index (χ3n) is 9.97. The van der Waals surface area contributed by atoms with Crippen molar-refractivity contribution in [2.24, 2.45) is 0 Å². The molecule has 1 N–H and O–H groups in total. The van der Waals surface area contributed by atoms with Crippen LogP contribution in [0.2, 0.25) is 0 Å². The van der Waals surface area contributed by atoms with Gasteiger partial charge in [0.2, 0.25) is 5.91 Å². The Hall–Kier alpha value is -1.79. The van der Waals surface area contributed by atoms with Gasteiger partial charge in [-0.05, 0) is 12.8 Å². The zero-order chi connectivity index (χ0) is 40.3. The van der Waals surface area contributed by atoms with Gasteiger partial charge in [0.05, 0.1) is 39.3 Å². The lowest BCUT2D eigenvalue weighted by Crippen LogP contribution is -2.39. The van der Waals surface area contributed by atoms with Crippen molar-refractivity contribution in [3.8, 4) is 0 Å². The number of carbonyl (C=O) groups is 3. The Balaban J connectivity index is 4.63. The molecule has 0 aromatic rings. The maximum Gasteiger partial charge on any atom is 0.343 e. The van der Waals surface area contributed by atoms with Crippen LogP contribution in [0.1, 0.15) is 187 Å². The second-order valence-corrected chi connectivity index (χ2v) is 15.1. The van der Waals surface area contributed by atoms with Crippen LogP contribution in [-0.4, -0.2) is 102 Å². The van der Waals surface area contributed by atoms with E-state index in [1.54, 1.807) is 7.11 Å². The molecule has 1 amide bonds. The molecule has 0 aliphatic rings. The average molecular weight is 787 g/mol. The number of rotatable bonds is 44. The Morgan fingerprint density at radius 3 is 1.47 bits per heavy atom. The highest BCUT2D eigenvalue weighted by molar-refractivity contribution is 5.76. The number of hydrogen-bond donors (Lipinski definition) is 1. The van der Waals surface area contributed by atoms with Gasteiger partial charge < -0.3 is 29.2 Å². The van der Waals surface area contributed by atoms with Crippen LogP contribution in [0.3, 0.4) is 0 Å². The van der Waals surface area contributed by atoms with E-state index >= 15 is 0 Å². The minimum Gasteiger partial charge on any atom is -0.463 e. The smallest absolute Gasteiger partial charge is 0.343 e. The zero-order valence-corrected chi connectivity index (χ0v) is 36.2. The molecule has 55 heavy (non-hydrogen) atoms. The summed E-state index contributed by atoms with van der Waals surface area (Å²) in [6, 6.07) is 0. The Bertz CT molecular complexity index is 848. The number of unbranched alkanes of at least 4 members (excludes halogenated alkanes) is 22. The summed E-state index contributed by atoms with van der Waals surface area (Å²) in [5.74, 6) is -0.994. The Morgan fingerprint density at radius 2 is 0.982 bits per heavy atom. The summed E-state index contributed by atoms with van der Waals surface area (Å²) in [6.45, 7) is 8.27. The van der Waals surface area contributed by atoms with Crippen molar-refractivity contribution in [1.29, 1.82) is 0 Å². The van der Waals surface area contributed by atoms with Crippen LogP contribution >= 0.6 is 0 Å². The topological polar surface area (TPSA) is 122 Å². The van der Waals surface area contributed by atoms with Crippen LogP contribution in [0.15, 0.2) is 0 Å². The summed E-state index contributed by atoms with van der Waals surface area (Å²) in [5.41, 5.74) is 0. The first-order chi connectivity index (χ1) is 27.0.